The second kappa shape index (κ2) is 7.45. The van der Waals surface area contributed by atoms with Crippen molar-refractivity contribution in [2.24, 2.45) is 0 Å². The molecule has 7 heteroatoms. The van der Waals surface area contributed by atoms with Crippen molar-refractivity contribution in [3.63, 3.8) is 0 Å². The van der Waals surface area contributed by atoms with Crippen LogP contribution in [-0.4, -0.2) is 45.4 Å². The third-order valence-corrected chi connectivity index (χ3v) is 3.92. The second-order valence-electron chi connectivity index (χ2n) is 8.25. The highest BCUT2D eigenvalue weighted by atomic mass is 16.6. The standard InChI is InChI=1S/C19H26O7/c1-18(2,3)11-7-10(8-12(9-11)19(4,5)6)17(25)26-14(16(23)24)13(20)15(21)22/h7-9,13-14,20H,1-6H3,(H,21,22)(H,23,24)/t13-,14+/m0/s1. The Morgan fingerprint density at radius 1 is 0.846 bits per heavy atom. The highest BCUT2D eigenvalue weighted by Gasteiger charge is 2.36. The molecule has 0 heterocycles. The van der Waals surface area contributed by atoms with E-state index in [1.807, 2.05) is 47.6 Å². The van der Waals surface area contributed by atoms with Crippen LogP contribution in [0.15, 0.2) is 18.2 Å². The molecule has 0 aromatic heterocycles. The van der Waals surface area contributed by atoms with Crippen molar-refractivity contribution in [3.8, 4) is 0 Å². The molecule has 0 spiro atoms. The molecule has 0 aliphatic rings. The first-order valence-corrected chi connectivity index (χ1v) is 8.15. The van der Waals surface area contributed by atoms with Gasteiger partial charge in [0, 0.05) is 0 Å². The van der Waals surface area contributed by atoms with Crippen LogP contribution in [0.5, 0.6) is 0 Å². The minimum absolute atomic E-state index is 0.103. The summed E-state index contributed by atoms with van der Waals surface area (Å²) in [4.78, 5) is 34.4. The van der Waals surface area contributed by atoms with E-state index < -0.39 is 30.1 Å². The zero-order chi connectivity index (χ0) is 20.4. The van der Waals surface area contributed by atoms with E-state index in [1.54, 1.807) is 12.1 Å². The van der Waals surface area contributed by atoms with E-state index in [0.717, 1.165) is 11.1 Å². The summed E-state index contributed by atoms with van der Waals surface area (Å²) in [6, 6.07) is 5.14. The molecular formula is C19H26O7. The van der Waals surface area contributed by atoms with Gasteiger partial charge >= 0.3 is 17.9 Å². The average molecular weight is 366 g/mol. The molecule has 1 aromatic rings. The van der Waals surface area contributed by atoms with Gasteiger partial charge in [0.05, 0.1) is 5.56 Å². The Labute approximate surface area is 152 Å². The SMILES string of the molecule is CC(C)(C)c1cc(C(=O)O[C@@H](C(=O)O)[C@H](O)C(=O)O)cc(C(C)(C)C)c1. The summed E-state index contributed by atoms with van der Waals surface area (Å²) < 4.78 is 4.79. The van der Waals surface area contributed by atoms with Gasteiger partial charge in [0.15, 0.2) is 6.10 Å². The van der Waals surface area contributed by atoms with E-state index in [4.69, 9.17) is 14.9 Å². The first-order valence-electron chi connectivity index (χ1n) is 8.15. The summed E-state index contributed by atoms with van der Waals surface area (Å²) in [7, 11) is 0. The number of aliphatic hydroxyl groups is 1. The van der Waals surface area contributed by atoms with Crippen LogP contribution in [0.2, 0.25) is 0 Å². The van der Waals surface area contributed by atoms with Crippen molar-refractivity contribution in [1.82, 2.24) is 0 Å². The molecule has 0 radical (unpaired) electrons. The number of carbonyl (C=O) groups is 3. The van der Waals surface area contributed by atoms with Gasteiger partial charge in [-0.3, -0.25) is 0 Å². The van der Waals surface area contributed by atoms with E-state index in [9.17, 15) is 19.5 Å². The highest BCUT2D eigenvalue weighted by molar-refractivity contribution is 5.93. The van der Waals surface area contributed by atoms with Crippen molar-refractivity contribution in [1.29, 1.82) is 0 Å². The predicted molar refractivity (Wildman–Crippen MR) is 94.3 cm³/mol. The molecule has 0 saturated carbocycles. The van der Waals surface area contributed by atoms with E-state index in [0.29, 0.717) is 0 Å². The number of hydrogen-bond acceptors (Lipinski definition) is 5. The lowest BCUT2D eigenvalue weighted by Gasteiger charge is -2.26. The van der Waals surface area contributed by atoms with Crippen LogP contribution in [-0.2, 0) is 25.2 Å². The maximum absolute atomic E-state index is 12.5. The highest BCUT2D eigenvalue weighted by Crippen LogP contribution is 2.30. The number of carboxylic acid groups (broad SMARTS) is 2. The Bertz CT molecular complexity index is 675. The molecule has 0 fully saturated rings. The van der Waals surface area contributed by atoms with Crippen molar-refractivity contribution < 1.29 is 34.4 Å². The zero-order valence-corrected chi connectivity index (χ0v) is 15.9. The first kappa shape index (κ1) is 21.6. The second-order valence-corrected chi connectivity index (χ2v) is 8.25. The van der Waals surface area contributed by atoms with Crippen molar-refractivity contribution >= 4 is 17.9 Å². The molecule has 0 saturated heterocycles. The largest absolute Gasteiger partial charge is 0.479 e. The smallest absolute Gasteiger partial charge is 0.348 e. The van der Waals surface area contributed by atoms with E-state index >= 15 is 0 Å². The summed E-state index contributed by atoms with van der Waals surface area (Å²) in [5, 5.41) is 27.3. The molecule has 2 atom stereocenters. The van der Waals surface area contributed by atoms with Gasteiger partial charge in [-0.15, -0.1) is 0 Å². The van der Waals surface area contributed by atoms with E-state index in [2.05, 4.69) is 0 Å². The molecule has 3 N–H and O–H groups in total. The minimum Gasteiger partial charge on any atom is -0.479 e. The summed E-state index contributed by atoms with van der Waals surface area (Å²) in [6.07, 6.45) is -4.55. The number of esters is 1. The van der Waals surface area contributed by atoms with E-state index in [1.165, 1.54) is 0 Å². The van der Waals surface area contributed by atoms with Crippen LogP contribution in [0.3, 0.4) is 0 Å². The van der Waals surface area contributed by atoms with Crippen molar-refractivity contribution in [2.45, 2.75) is 64.6 Å². The van der Waals surface area contributed by atoms with Gasteiger partial charge in [0.25, 0.3) is 0 Å². The molecule has 0 bridgehead atoms. The lowest BCUT2D eigenvalue weighted by atomic mass is 9.79. The Balaban J connectivity index is 3.34. The fourth-order valence-corrected chi connectivity index (χ4v) is 2.17. The maximum atomic E-state index is 12.5. The molecule has 0 unspecified atom stereocenters. The van der Waals surface area contributed by atoms with Gasteiger partial charge in [0.1, 0.15) is 0 Å². The van der Waals surface area contributed by atoms with Crippen LogP contribution in [0.1, 0.15) is 63.0 Å². The number of hydrogen-bond donors (Lipinski definition) is 3. The monoisotopic (exact) mass is 366 g/mol. The van der Waals surface area contributed by atoms with Crippen molar-refractivity contribution in [3.05, 3.63) is 34.9 Å². The van der Waals surface area contributed by atoms with Gasteiger partial charge in [-0.25, -0.2) is 14.4 Å². The molecular weight excluding hydrogens is 340 g/mol. The Kier molecular flexibility index (Phi) is 6.20. The third-order valence-electron chi connectivity index (χ3n) is 3.92. The van der Waals surface area contributed by atoms with Gasteiger partial charge in [-0.1, -0.05) is 47.6 Å². The van der Waals surface area contributed by atoms with Crippen LogP contribution in [0.25, 0.3) is 0 Å². The molecule has 26 heavy (non-hydrogen) atoms. The van der Waals surface area contributed by atoms with Crippen LogP contribution in [0.4, 0.5) is 0 Å². The number of benzene rings is 1. The summed E-state index contributed by atoms with van der Waals surface area (Å²) in [5.41, 5.74) is 1.25. The fourth-order valence-electron chi connectivity index (χ4n) is 2.17. The van der Waals surface area contributed by atoms with Crippen LogP contribution < -0.4 is 0 Å². The summed E-state index contributed by atoms with van der Waals surface area (Å²) in [6.45, 7) is 11.8. The molecule has 1 rings (SSSR count). The van der Waals surface area contributed by atoms with Gasteiger partial charge in [-0.05, 0) is 34.1 Å². The predicted octanol–water partition coefficient (Wildman–Crippen LogP) is 2.34. The third kappa shape index (κ3) is 5.29. The number of rotatable bonds is 5. The number of aliphatic carboxylic acids is 2. The normalized spacial score (nSPS) is 14.4. The molecule has 1 aromatic carbocycles. The number of carboxylic acids is 2. The van der Waals surface area contributed by atoms with E-state index in [-0.39, 0.29) is 16.4 Å². The van der Waals surface area contributed by atoms with Crippen LogP contribution >= 0.6 is 0 Å². The Morgan fingerprint density at radius 2 is 1.27 bits per heavy atom. The van der Waals surface area contributed by atoms with Crippen LogP contribution in [0, 0.1) is 0 Å². The molecule has 7 nitrogen and oxygen atoms in total. The topological polar surface area (TPSA) is 121 Å². The minimum atomic E-state index is -2.36. The van der Waals surface area contributed by atoms with Gasteiger partial charge in [0.2, 0.25) is 6.10 Å². The lowest BCUT2D eigenvalue weighted by molar-refractivity contribution is -0.166. The fraction of sp³-hybridized carbons (Fsp3) is 0.526. The number of ether oxygens (including phenoxy) is 1. The van der Waals surface area contributed by atoms with Gasteiger partial charge < -0.3 is 20.1 Å². The molecule has 0 aliphatic heterocycles. The number of carbonyl (C=O) groups excluding carboxylic acids is 1. The quantitative estimate of drug-likeness (QED) is 0.684. The molecule has 144 valence electrons. The Morgan fingerprint density at radius 3 is 1.58 bits per heavy atom. The molecule has 0 aliphatic carbocycles. The molecule has 0 amide bonds. The Hall–Kier alpha value is -2.41. The van der Waals surface area contributed by atoms with Crippen molar-refractivity contribution in [2.75, 3.05) is 0 Å². The maximum Gasteiger partial charge on any atom is 0.348 e. The van der Waals surface area contributed by atoms with Gasteiger partial charge in [-0.2, -0.15) is 0 Å². The average Bonchev–Trinajstić information content (AvgIpc) is 2.49. The zero-order valence-electron chi connectivity index (χ0n) is 15.9. The first-order chi connectivity index (χ1) is 11.6. The summed E-state index contributed by atoms with van der Waals surface area (Å²) in [5.74, 6) is -4.53. The lowest BCUT2D eigenvalue weighted by Crippen LogP contribution is -2.43. The number of aliphatic hydroxyl groups excluding tert-OH is 1. The summed E-state index contributed by atoms with van der Waals surface area (Å²) >= 11 is 0.